The zero-order valence-corrected chi connectivity index (χ0v) is 18.0. The van der Waals surface area contributed by atoms with Crippen LogP contribution in [-0.4, -0.2) is 34.4 Å². The molecule has 2 N–H and O–H groups in total. The fourth-order valence-electron chi connectivity index (χ4n) is 2.69. The lowest BCUT2D eigenvalue weighted by Crippen LogP contribution is -2.39. The van der Waals surface area contributed by atoms with E-state index in [0.29, 0.717) is 42.1 Å². The fraction of sp³-hybridized carbons (Fsp3) is 0.273. The molecule has 0 aliphatic rings. The molecular weight excluding hydrogens is 416 g/mol. The van der Waals surface area contributed by atoms with Crippen LogP contribution in [0.15, 0.2) is 59.1 Å². The Balaban J connectivity index is 1.37. The molecule has 31 heavy (non-hydrogen) atoms. The highest BCUT2D eigenvalue weighted by Crippen LogP contribution is 2.28. The average Bonchev–Trinajstić information content (AvgIpc) is 3.25. The second kappa shape index (κ2) is 11.8. The summed E-state index contributed by atoms with van der Waals surface area (Å²) in [7, 11) is 0. The van der Waals surface area contributed by atoms with Crippen molar-refractivity contribution in [1.29, 1.82) is 0 Å². The van der Waals surface area contributed by atoms with Crippen LogP contribution in [0.3, 0.4) is 0 Å². The van der Waals surface area contributed by atoms with Crippen LogP contribution in [0.1, 0.15) is 24.8 Å². The predicted molar refractivity (Wildman–Crippen MR) is 119 cm³/mol. The fourth-order valence-corrected chi connectivity index (χ4v) is 3.46. The predicted octanol–water partition coefficient (Wildman–Crippen LogP) is 3.78. The molecule has 3 rings (SSSR count). The molecule has 0 radical (unpaired) electrons. The normalized spacial score (nSPS) is 10.5. The maximum absolute atomic E-state index is 11.9. The monoisotopic (exact) mass is 440 g/mol. The largest absolute Gasteiger partial charge is 0.493 e. The molecular formula is C22H24N4O4S. The van der Waals surface area contributed by atoms with Gasteiger partial charge in [-0.05, 0) is 24.6 Å². The lowest BCUT2D eigenvalue weighted by atomic mass is 10.2. The molecule has 0 bridgehead atoms. The van der Waals surface area contributed by atoms with Gasteiger partial charge in [0.2, 0.25) is 17.6 Å². The van der Waals surface area contributed by atoms with Crippen LogP contribution in [0.5, 0.6) is 5.75 Å². The number of carbonyl (C=O) groups excluding carboxylic acids is 2. The van der Waals surface area contributed by atoms with Gasteiger partial charge in [0.25, 0.3) is 0 Å². The van der Waals surface area contributed by atoms with E-state index in [0.717, 1.165) is 11.1 Å². The van der Waals surface area contributed by atoms with E-state index in [2.05, 4.69) is 20.8 Å². The number of hydrogen-bond acceptors (Lipinski definition) is 7. The summed E-state index contributed by atoms with van der Waals surface area (Å²) in [5, 5.41) is 9.00. The summed E-state index contributed by atoms with van der Waals surface area (Å²) in [6, 6.07) is 16.5. The first-order valence-electron chi connectivity index (χ1n) is 9.90. The first-order chi connectivity index (χ1) is 15.2. The maximum Gasteiger partial charge on any atom is 0.321 e. The Bertz CT molecular complexity index is 994. The van der Waals surface area contributed by atoms with Crippen molar-refractivity contribution in [3.05, 3.63) is 66.1 Å². The Morgan fingerprint density at radius 3 is 2.68 bits per heavy atom. The van der Waals surface area contributed by atoms with Gasteiger partial charge in [-0.3, -0.25) is 10.1 Å². The number of imide groups is 1. The van der Waals surface area contributed by atoms with Gasteiger partial charge in [0, 0.05) is 18.7 Å². The smallest absolute Gasteiger partial charge is 0.321 e. The summed E-state index contributed by atoms with van der Waals surface area (Å²) in [6.07, 6.45) is 0.206. The molecule has 0 atom stereocenters. The van der Waals surface area contributed by atoms with E-state index in [1.165, 1.54) is 11.8 Å². The van der Waals surface area contributed by atoms with Crippen molar-refractivity contribution in [3.8, 4) is 17.1 Å². The molecule has 0 spiro atoms. The van der Waals surface area contributed by atoms with Crippen LogP contribution < -0.4 is 15.4 Å². The number of nitrogens with one attached hydrogen (secondary N) is 2. The average molecular weight is 441 g/mol. The Labute approximate surface area is 184 Å². The van der Waals surface area contributed by atoms with Crippen LogP contribution in [0, 0.1) is 0 Å². The van der Waals surface area contributed by atoms with Gasteiger partial charge in [0.15, 0.2) is 0 Å². The van der Waals surface area contributed by atoms with Gasteiger partial charge in [-0.2, -0.15) is 16.7 Å². The van der Waals surface area contributed by atoms with Gasteiger partial charge in [0.05, 0.1) is 17.9 Å². The zero-order valence-electron chi connectivity index (χ0n) is 17.2. The third-order valence-corrected chi connectivity index (χ3v) is 5.09. The molecule has 1 heterocycles. The first-order valence-corrected chi connectivity index (χ1v) is 11.0. The second-order valence-corrected chi connectivity index (χ2v) is 7.57. The molecule has 162 valence electrons. The molecule has 1 aromatic heterocycles. The number of nitrogens with zero attached hydrogens (tertiary/aromatic N) is 2. The van der Waals surface area contributed by atoms with Crippen LogP contribution in [0.4, 0.5) is 4.79 Å². The lowest BCUT2D eigenvalue weighted by Gasteiger charge is -2.06. The summed E-state index contributed by atoms with van der Waals surface area (Å²) >= 11 is 1.47. The highest BCUT2D eigenvalue weighted by atomic mass is 32.2. The van der Waals surface area contributed by atoms with E-state index < -0.39 is 6.03 Å². The van der Waals surface area contributed by atoms with Gasteiger partial charge in [0.1, 0.15) is 5.75 Å². The number of para-hydroxylation sites is 1. The van der Waals surface area contributed by atoms with Crippen LogP contribution in [-0.2, 0) is 17.1 Å². The standard InChI is InChI=1S/C22H24N4O4S/c1-2-29-18-11-7-6-10-17(18)21-25-20(30-26-21)15-31-13-12-19(27)24-22(28)23-14-16-8-4-3-5-9-16/h3-11H,2,12-15H2,1H3,(H2,23,24,27,28). The van der Waals surface area contributed by atoms with Gasteiger partial charge in [-0.15, -0.1) is 0 Å². The molecule has 0 fully saturated rings. The van der Waals surface area contributed by atoms with E-state index in [-0.39, 0.29) is 12.3 Å². The Hall–Kier alpha value is -3.33. The summed E-state index contributed by atoms with van der Waals surface area (Å²) in [6.45, 7) is 2.82. The summed E-state index contributed by atoms with van der Waals surface area (Å²) in [4.78, 5) is 28.1. The van der Waals surface area contributed by atoms with Crippen molar-refractivity contribution >= 4 is 23.7 Å². The molecule has 0 saturated carbocycles. The number of aromatic nitrogens is 2. The third kappa shape index (κ3) is 7.14. The molecule has 0 unspecified atom stereocenters. The van der Waals surface area contributed by atoms with Crippen LogP contribution in [0.25, 0.3) is 11.4 Å². The van der Waals surface area contributed by atoms with Crippen molar-refractivity contribution in [2.75, 3.05) is 12.4 Å². The van der Waals surface area contributed by atoms with Crippen molar-refractivity contribution in [2.45, 2.75) is 25.6 Å². The van der Waals surface area contributed by atoms with E-state index >= 15 is 0 Å². The Morgan fingerprint density at radius 2 is 1.87 bits per heavy atom. The quantitative estimate of drug-likeness (QED) is 0.462. The summed E-state index contributed by atoms with van der Waals surface area (Å²) in [5.41, 5.74) is 1.73. The number of benzene rings is 2. The first kappa shape index (κ1) is 22.4. The van der Waals surface area contributed by atoms with E-state index in [1.54, 1.807) is 0 Å². The summed E-state index contributed by atoms with van der Waals surface area (Å²) < 4.78 is 10.9. The zero-order chi connectivity index (χ0) is 21.9. The number of hydrogen-bond donors (Lipinski definition) is 2. The van der Waals surface area contributed by atoms with E-state index in [4.69, 9.17) is 9.26 Å². The molecule has 8 nitrogen and oxygen atoms in total. The van der Waals surface area contributed by atoms with Crippen LogP contribution in [0.2, 0.25) is 0 Å². The number of rotatable bonds is 10. The van der Waals surface area contributed by atoms with E-state index in [1.807, 2.05) is 61.5 Å². The van der Waals surface area contributed by atoms with Gasteiger partial charge < -0.3 is 14.6 Å². The second-order valence-electron chi connectivity index (χ2n) is 6.46. The topological polar surface area (TPSA) is 106 Å². The minimum absolute atomic E-state index is 0.206. The van der Waals surface area contributed by atoms with Crippen LogP contribution >= 0.6 is 11.8 Å². The lowest BCUT2D eigenvalue weighted by molar-refractivity contribution is -0.119. The SMILES string of the molecule is CCOc1ccccc1-c1noc(CSCCC(=O)NC(=O)NCc2ccccc2)n1. The number of thioether (sulfide) groups is 1. The third-order valence-electron chi connectivity index (χ3n) is 4.14. The number of ether oxygens (including phenoxy) is 1. The van der Waals surface area contributed by atoms with Crippen molar-refractivity contribution in [3.63, 3.8) is 0 Å². The van der Waals surface area contributed by atoms with Gasteiger partial charge in [-0.1, -0.05) is 47.6 Å². The van der Waals surface area contributed by atoms with Gasteiger partial charge >= 0.3 is 6.03 Å². The molecule has 3 amide bonds. The molecule has 0 aliphatic heterocycles. The van der Waals surface area contributed by atoms with Crippen molar-refractivity contribution in [1.82, 2.24) is 20.8 Å². The van der Waals surface area contributed by atoms with Crippen molar-refractivity contribution < 1.29 is 18.8 Å². The van der Waals surface area contributed by atoms with Crippen molar-refractivity contribution in [2.24, 2.45) is 0 Å². The minimum atomic E-state index is -0.506. The Morgan fingerprint density at radius 1 is 1.10 bits per heavy atom. The number of urea groups is 1. The molecule has 0 aliphatic carbocycles. The highest BCUT2D eigenvalue weighted by Gasteiger charge is 2.13. The summed E-state index contributed by atoms with van der Waals surface area (Å²) in [5.74, 6) is 2.28. The number of amides is 3. The van der Waals surface area contributed by atoms with E-state index in [9.17, 15) is 9.59 Å². The maximum atomic E-state index is 11.9. The Kier molecular flexibility index (Phi) is 8.48. The molecule has 9 heteroatoms. The number of carbonyl (C=O) groups is 2. The highest BCUT2D eigenvalue weighted by molar-refractivity contribution is 7.98. The molecule has 0 saturated heterocycles. The van der Waals surface area contributed by atoms with Gasteiger partial charge in [-0.25, -0.2) is 4.79 Å². The minimum Gasteiger partial charge on any atom is -0.493 e. The molecule has 2 aromatic carbocycles. The molecule has 3 aromatic rings.